The molecule has 0 spiro atoms. The Kier molecular flexibility index (Phi) is 4.11. The molecule has 1 N–H and O–H groups in total. The summed E-state index contributed by atoms with van der Waals surface area (Å²) in [6, 6.07) is 7.84. The maximum atomic E-state index is 11.1. The SMILES string of the molecule is CN(Cc1cccc(Br)c1)c1ncncc1C(=O)O. The van der Waals surface area contributed by atoms with Gasteiger partial charge in [-0.15, -0.1) is 0 Å². The van der Waals surface area contributed by atoms with E-state index in [1.807, 2.05) is 24.3 Å². The molecule has 0 saturated carbocycles. The monoisotopic (exact) mass is 321 g/mol. The maximum Gasteiger partial charge on any atom is 0.341 e. The number of carbonyl (C=O) groups is 1. The molecule has 2 aromatic rings. The summed E-state index contributed by atoms with van der Waals surface area (Å²) in [5.41, 5.74) is 1.16. The van der Waals surface area contributed by atoms with Crippen molar-refractivity contribution < 1.29 is 9.90 Å². The minimum absolute atomic E-state index is 0.0972. The smallest absolute Gasteiger partial charge is 0.341 e. The Balaban J connectivity index is 2.25. The highest BCUT2D eigenvalue weighted by Gasteiger charge is 2.15. The Morgan fingerprint density at radius 3 is 2.95 bits per heavy atom. The Labute approximate surface area is 119 Å². The van der Waals surface area contributed by atoms with E-state index in [1.54, 1.807) is 11.9 Å². The van der Waals surface area contributed by atoms with Crippen molar-refractivity contribution in [2.45, 2.75) is 6.54 Å². The lowest BCUT2D eigenvalue weighted by Gasteiger charge is -2.19. The first-order valence-corrected chi connectivity index (χ1v) is 6.36. The van der Waals surface area contributed by atoms with Crippen LogP contribution < -0.4 is 4.90 Å². The molecular weight excluding hydrogens is 310 g/mol. The van der Waals surface area contributed by atoms with Crippen LogP contribution in [0.15, 0.2) is 41.3 Å². The zero-order valence-electron chi connectivity index (χ0n) is 10.2. The number of carboxylic acid groups (broad SMARTS) is 1. The third-order valence-corrected chi connectivity index (χ3v) is 3.09. The molecule has 0 aliphatic rings. The minimum Gasteiger partial charge on any atom is -0.477 e. The molecular formula is C13H12BrN3O2. The number of nitrogens with zero attached hydrogens (tertiary/aromatic N) is 3. The van der Waals surface area contributed by atoms with Gasteiger partial charge in [-0.05, 0) is 17.7 Å². The van der Waals surface area contributed by atoms with Gasteiger partial charge in [0.1, 0.15) is 17.7 Å². The molecule has 1 heterocycles. The number of rotatable bonds is 4. The molecule has 0 aliphatic carbocycles. The summed E-state index contributed by atoms with van der Waals surface area (Å²) in [6.07, 6.45) is 2.65. The average molecular weight is 322 g/mol. The fourth-order valence-corrected chi connectivity index (χ4v) is 2.21. The summed E-state index contributed by atoms with van der Waals surface area (Å²) in [7, 11) is 1.80. The van der Waals surface area contributed by atoms with Gasteiger partial charge in [-0.25, -0.2) is 14.8 Å². The number of aromatic carboxylic acids is 1. The van der Waals surface area contributed by atoms with Crippen molar-refractivity contribution >= 4 is 27.7 Å². The van der Waals surface area contributed by atoms with E-state index >= 15 is 0 Å². The van der Waals surface area contributed by atoms with E-state index < -0.39 is 5.97 Å². The summed E-state index contributed by atoms with van der Waals surface area (Å²) in [4.78, 5) is 20.7. The zero-order chi connectivity index (χ0) is 13.8. The number of carboxylic acids is 1. The van der Waals surface area contributed by atoms with Crippen LogP contribution in [-0.4, -0.2) is 28.1 Å². The van der Waals surface area contributed by atoms with E-state index in [9.17, 15) is 4.79 Å². The fraction of sp³-hybridized carbons (Fsp3) is 0.154. The van der Waals surface area contributed by atoms with E-state index in [1.165, 1.54) is 12.5 Å². The molecule has 6 heteroatoms. The molecule has 0 atom stereocenters. The van der Waals surface area contributed by atoms with Crippen LogP contribution in [0, 0.1) is 0 Å². The van der Waals surface area contributed by atoms with Crippen molar-refractivity contribution in [3.05, 3.63) is 52.4 Å². The van der Waals surface area contributed by atoms with Crippen molar-refractivity contribution in [1.82, 2.24) is 9.97 Å². The van der Waals surface area contributed by atoms with Crippen LogP contribution in [0.3, 0.4) is 0 Å². The van der Waals surface area contributed by atoms with E-state index in [0.717, 1.165) is 10.0 Å². The van der Waals surface area contributed by atoms with Gasteiger partial charge in [0.15, 0.2) is 0 Å². The Morgan fingerprint density at radius 2 is 2.26 bits per heavy atom. The number of benzene rings is 1. The van der Waals surface area contributed by atoms with E-state index in [2.05, 4.69) is 25.9 Å². The second-order valence-corrected chi connectivity index (χ2v) is 4.97. The highest BCUT2D eigenvalue weighted by atomic mass is 79.9. The normalized spacial score (nSPS) is 10.2. The van der Waals surface area contributed by atoms with Crippen LogP contribution in [0.2, 0.25) is 0 Å². The van der Waals surface area contributed by atoms with Gasteiger partial charge in [0.2, 0.25) is 0 Å². The van der Waals surface area contributed by atoms with Crippen molar-refractivity contribution in [2.24, 2.45) is 0 Å². The predicted molar refractivity (Wildman–Crippen MR) is 75.2 cm³/mol. The number of halogens is 1. The molecule has 19 heavy (non-hydrogen) atoms. The van der Waals surface area contributed by atoms with Gasteiger partial charge in [0.05, 0.1) is 0 Å². The summed E-state index contributed by atoms with van der Waals surface area (Å²) >= 11 is 3.41. The molecule has 1 aromatic heterocycles. The van der Waals surface area contributed by atoms with Crippen LogP contribution >= 0.6 is 15.9 Å². The van der Waals surface area contributed by atoms with Gasteiger partial charge in [-0.2, -0.15) is 0 Å². The van der Waals surface area contributed by atoms with Crippen LogP contribution in [0.4, 0.5) is 5.82 Å². The van der Waals surface area contributed by atoms with Gasteiger partial charge >= 0.3 is 5.97 Å². The van der Waals surface area contributed by atoms with Crippen LogP contribution in [0.5, 0.6) is 0 Å². The minimum atomic E-state index is -1.03. The van der Waals surface area contributed by atoms with Crippen molar-refractivity contribution in [1.29, 1.82) is 0 Å². The molecule has 0 bridgehead atoms. The van der Waals surface area contributed by atoms with E-state index in [-0.39, 0.29) is 5.56 Å². The van der Waals surface area contributed by atoms with Gasteiger partial charge < -0.3 is 10.0 Å². The van der Waals surface area contributed by atoms with Crippen molar-refractivity contribution in [3.63, 3.8) is 0 Å². The van der Waals surface area contributed by atoms with Gasteiger partial charge in [0, 0.05) is 24.3 Å². The summed E-state index contributed by atoms with van der Waals surface area (Å²) in [6.45, 7) is 0.566. The second kappa shape index (κ2) is 5.79. The third-order valence-electron chi connectivity index (χ3n) is 2.59. The van der Waals surface area contributed by atoms with E-state index in [4.69, 9.17) is 5.11 Å². The lowest BCUT2D eigenvalue weighted by atomic mass is 10.2. The number of anilines is 1. The number of hydrogen-bond donors (Lipinski definition) is 1. The molecule has 0 unspecified atom stereocenters. The molecule has 0 aliphatic heterocycles. The van der Waals surface area contributed by atoms with Gasteiger partial charge in [0.25, 0.3) is 0 Å². The third kappa shape index (κ3) is 3.29. The Morgan fingerprint density at radius 1 is 1.47 bits per heavy atom. The first-order valence-electron chi connectivity index (χ1n) is 5.57. The highest BCUT2D eigenvalue weighted by Crippen LogP contribution is 2.19. The molecule has 0 fully saturated rings. The second-order valence-electron chi connectivity index (χ2n) is 4.05. The lowest BCUT2D eigenvalue weighted by molar-refractivity contribution is 0.0696. The quantitative estimate of drug-likeness (QED) is 0.937. The zero-order valence-corrected chi connectivity index (χ0v) is 11.8. The van der Waals surface area contributed by atoms with Crippen LogP contribution in [-0.2, 0) is 6.54 Å². The van der Waals surface area contributed by atoms with Gasteiger partial charge in [-0.3, -0.25) is 0 Å². The Bertz CT molecular complexity index is 604. The lowest BCUT2D eigenvalue weighted by Crippen LogP contribution is -2.21. The highest BCUT2D eigenvalue weighted by molar-refractivity contribution is 9.10. The maximum absolute atomic E-state index is 11.1. The predicted octanol–water partition coefficient (Wildman–Crippen LogP) is 2.57. The number of aromatic nitrogens is 2. The van der Waals surface area contributed by atoms with Crippen LogP contribution in [0.1, 0.15) is 15.9 Å². The molecule has 0 amide bonds. The fourth-order valence-electron chi connectivity index (χ4n) is 1.76. The van der Waals surface area contributed by atoms with Crippen LogP contribution in [0.25, 0.3) is 0 Å². The average Bonchev–Trinajstić information content (AvgIpc) is 2.38. The van der Waals surface area contributed by atoms with Gasteiger partial charge in [-0.1, -0.05) is 28.1 Å². The summed E-state index contributed by atoms with van der Waals surface area (Å²) < 4.78 is 0.986. The number of hydrogen-bond acceptors (Lipinski definition) is 4. The summed E-state index contributed by atoms with van der Waals surface area (Å²) in [5.74, 6) is -0.626. The molecule has 5 nitrogen and oxygen atoms in total. The first-order chi connectivity index (χ1) is 9.08. The molecule has 0 radical (unpaired) electrons. The molecule has 98 valence electrons. The standard InChI is InChI=1S/C13H12BrN3O2/c1-17(7-9-3-2-4-10(14)5-9)12-11(13(18)19)6-15-8-16-12/h2-6,8H,7H2,1H3,(H,18,19). The van der Waals surface area contributed by atoms with Crippen molar-refractivity contribution in [2.75, 3.05) is 11.9 Å². The van der Waals surface area contributed by atoms with Crippen molar-refractivity contribution in [3.8, 4) is 0 Å². The first kappa shape index (κ1) is 13.5. The molecule has 2 rings (SSSR count). The summed E-state index contributed by atoms with van der Waals surface area (Å²) in [5, 5.41) is 9.11. The molecule has 1 aromatic carbocycles. The Hall–Kier alpha value is -1.95. The topological polar surface area (TPSA) is 66.3 Å². The largest absolute Gasteiger partial charge is 0.477 e. The molecule has 0 saturated heterocycles. The van der Waals surface area contributed by atoms with E-state index in [0.29, 0.717) is 12.4 Å².